The number of benzene rings is 3. The largest absolute Gasteiger partial charge is 0.323 e. The molecule has 4 rings (SSSR count). The molecule has 0 aliphatic carbocycles. The highest BCUT2D eigenvalue weighted by atomic mass is 15.2. The fourth-order valence-electron chi connectivity index (χ4n) is 2.73. The quantitative estimate of drug-likeness (QED) is 0.551. The molecule has 1 heterocycles. The number of hydrogen-bond donors (Lipinski definition) is 1. The summed E-state index contributed by atoms with van der Waals surface area (Å²) in [6.45, 7) is 2.06. The number of aryl methyl sites for hydroxylation is 1. The summed E-state index contributed by atoms with van der Waals surface area (Å²) in [4.78, 5) is 4.75. The summed E-state index contributed by atoms with van der Waals surface area (Å²) in [7, 11) is 0. The first-order valence-corrected chi connectivity index (χ1v) is 8.49. The second-order valence-electron chi connectivity index (χ2n) is 6.06. The van der Waals surface area contributed by atoms with E-state index < -0.39 is 0 Å². The van der Waals surface area contributed by atoms with Gasteiger partial charge in [0.05, 0.1) is 0 Å². The molecule has 4 aromatic rings. The molecule has 4 heteroatoms. The average molecular weight is 338 g/mol. The topological polar surface area (TPSA) is 50.7 Å². The highest BCUT2D eigenvalue weighted by Crippen LogP contribution is 2.29. The van der Waals surface area contributed by atoms with Gasteiger partial charge in [0.25, 0.3) is 0 Å². The normalized spacial score (nSPS) is 10.5. The van der Waals surface area contributed by atoms with E-state index in [2.05, 4.69) is 22.4 Å². The predicted molar refractivity (Wildman–Crippen MR) is 105 cm³/mol. The molecule has 1 N–H and O–H groups in total. The van der Waals surface area contributed by atoms with Crippen LogP contribution in [0.2, 0.25) is 0 Å². The molecule has 0 amide bonds. The summed E-state index contributed by atoms with van der Waals surface area (Å²) in [5.41, 5.74) is 5.72. The molecule has 0 aliphatic rings. The molecular formula is C22H18N4. The third kappa shape index (κ3) is 3.44. The van der Waals surface area contributed by atoms with Gasteiger partial charge in [-0.25, -0.2) is 4.98 Å². The molecule has 3 aromatic carbocycles. The van der Waals surface area contributed by atoms with Crippen LogP contribution in [0, 0.1) is 6.92 Å². The van der Waals surface area contributed by atoms with Gasteiger partial charge >= 0.3 is 0 Å². The second kappa shape index (κ2) is 7.15. The summed E-state index contributed by atoms with van der Waals surface area (Å²) in [5, 5.41) is 12.0. The van der Waals surface area contributed by atoms with Crippen molar-refractivity contribution in [1.82, 2.24) is 15.2 Å². The van der Waals surface area contributed by atoms with Crippen LogP contribution in [0.4, 0.5) is 11.6 Å². The van der Waals surface area contributed by atoms with Crippen LogP contribution < -0.4 is 5.32 Å². The molecule has 0 bridgehead atoms. The summed E-state index contributed by atoms with van der Waals surface area (Å²) in [6.07, 6.45) is 0. The maximum Gasteiger partial charge on any atom is 0.247 e. The molecule has 1 aromatic heterocycles. The van der Waals surface area contributed by atoms with Gasteiger partial charge in [0.2, 0.25) is 5.95 Å². The molecule has 0 saturated carbocycles. The molecule has 26 heavy (non-hydrogen) atoms. The lowest BCUT2D eigenvalue weighted by Gasteiger charge is -2.11. The number of hydrogen-bond acceptors (Lipinski definition) is 4. The van der Waals surface area contributed by atoms with Crippen molar-refractivity contribution in [2.45, 2.75) is 6.92 Å². The molecule has 0 unspecified atom stereocenters. The van der Waals surface area contributed by atoms with Crippen molar-refractivity contribution in [2.75, 3.05) is 5.32 Å². The van der Waals surface area contributed by atoms with Gasteiger partial charge in [0.15, 0.2) is 0 Å². The molecule has 126 valence electrons. The molecular weight excluding hydrogens is 320 g/mol. The van der Waals surface area contributed by atoms with Crippen LogP contribution in [0.1, 0.15) is 5.56 Å². The lowest BCUT2D eigenvalue weighted by molar-refractivity contribution is 0.990. The van der Waals surface area contributed by atoms with E-state index in [0.717, 1.165) is 28.2 Å². The van der Waals surface area contributed by atoms with Crippen molar-refractivity contribution < 1.29 is 0 Å². The van der Waals surface area contributed by atoms with E-state index in [0.29, 0.717) is 5.95 Å². The molecule has 0 fully saturated rings. The van der Waals surface area contributed by atoms with E-state index in [1.807, 2.05) is 84.9 Å². The zero-order valence-corrected chi connectivity index (χ0v) is 14.4. The van der Waals surface area contributed by atoms with Gasteiger partial charge in [-0.1, -0.05) is 78.4 Å². The maximum absolute atomic E-state index is 4.75. The molecule has 0 aliphatic heterocycles. The van der Waals surface area contributed by atoms with E-state index in [1.54, 1.807) is 0 Å². The zero-order valence-electron chi connectivity index (χ0n) is 14.4. The predicted octanol–water partition coefficient (Wildman–Crippen LogP) is 5.26. The minimum Gasteiger partial charge on any atom is -0.323 e. The van der Waals surface area contributed by atoms with Crippen LogP contribution in [0.15, 0.2) is 84.9 Å². The van der Waals surface area contributed by atoms with Gasteiger partial charge in [-0.15, -0.1) is 10.2 Å². The van der Waals surface area contributed by atoms with Crippen molar-refractivity contribution in [3.8, 4) is 22.5 Å². The Balaban J connectivity index is 1.78. The van der Waals surface area contributed by atoms with Crippen LogP contribution in [-0.4, -0.2) is 15.2 Å². The summed E-state index contributed by atoms with van der Waals surface area (Å²) < 4.78 is 0. The van der Waals surface area contributed by atoms with Gasteiger partial charge in [-0.3, -0.25) is 0 Å². The lowest BCUT2D eigenvalue weighted by atomic mass is 10.0. The minimum atomic E-state index is 0.479. The summed E-state index contributed by atoms with van der Waals surface area (Å²) in [6, 6.07) is 28.2. The van der Waals surface area contributed by atoms with Crippen LogP contribution in [-0.2, 0) is 0 Å². The lowest BCUT2D eigenvalue weighted by Crippen LogP contribution is -2.03. The Hall–Kier alpha value is -3.53. The SMILES string of the molecule is Cc1ccc(Nc2nnc(-c3ccccc3)c(-c3ccccc3)n2)cc1. The third-order valence-corrected chi connectivity index (χ3v) is 4.09. The maximum atomic E-state index is 4.75. The summed E-state index contributed by atoms with van der Waals surface area (Å²) >= 11 is 0. The molecule has 4 nitrogen and oxygen atoms in total. The Kier molecular flexibility index (Phi) is 4.39. The van der Waals surface area contributed by atoms with Crippen LogP contribution >= 0.6 is 0 Å². The highest BCUT2D eigenvalue weighted by Gasteiger charge is 2.13. The fraction of sp³-hybridized carbons (Fsp3) is 0.0455. The van der Waals surface area contributed by atoms with Gasteiger partial charge in [-0.05, 0) is 19.1 Å². The van der Waals surface area contributed by atoms with Crippen molar-refractivity contribution in [1.29, 1.82) is 0 Å². The van der Waals surface area contributed by atoms with E-state index >= 15 is 0 Å². The first-order chi connectivity index (χ1) is 12.8. The van der Waals surface area contributed by atoms with Crippen LogP contribution in [0.25, 0.3) is 22.5 Å². The van der Waals surface area contributed by atoms with Gasteiger partial charge in [0, 0.05) is 16.8 Å². The third-order valence-electron chi connectivity index (χ3n) is 4.09. The second-order valence-corrected chi connectivity index (χ2v) is 6.06. The Morgan fingerprint density at radius 2 is 1.19 bits per heavy atom. The number of rotatable bonds is 4. The summed E-state index contributed by atoms with van der Waals surface area (Å²) in [5.74, 6) is 0.479. The Labute approximate surface area is 152 Å². The van der Waals surface area contributed by atoms with E-state index in [-0.39, 0.29) is 0 Å². The van der Waals surface area contributed by atoms with Crippen LogP contribution in [0.3, 0.4) is 0 Å². The molecule has 0 atom stereocenters. The van der Waals surface area contributed by atoms with Gasteiger partial charge < -0.3 is 5.32 Å². The van der Waals surface area contributed by atoms with E-state index in [4.69, 9.17) is 4.98 Å². The van der Waals surface area contributed by atoms with E-state index in [9.17, 15) is 0 Å². The zero-order chi connectivity index (χ0) is 17.8. The number of nitrogens with zero attached hydrogens (tertiary/aromatic N) is 3. The number of nitrogens with one attached hydrogen (secondary N) is 1. The first-order valence-electron chi connectivity index (χ1n) is 8.49. The Morgan fingerprint density at radius 3 is 1.81 bits per heavy atom. The number of aromatic nitrogens is 3. The number of anilines is 2. The van der Waals surface area contributed by atoms with E-state index in [1.165, 1.54) is 5.56 Å². The average Bonchev–Trinajstić information content (AvgIpc) is 2.71. The fourth-order valence-corrected chi connectivity index (χ4v) is 2.73. The first kappa shape index (κ1) is 16.0. The van der Waals surface area contributed by atoms with Crippen molar-refractivity contribution in [3.63, 3.8) is 0 Å². The monoisotopic (exact) mass is 338 g/mol. The molecule has 0 radical (unpaired) electrons. The molecule has 0 saturated heterocycles. The minimum absolute atomic E-state index is 0.479. The van der Waals surface area contributed by atoms with Gasteiger partial charge in [0.1, 0.15) is 11.4 Å². The Morgan fingerprint density at radius 1 is 0.615 bits per heavy atom. The molecule has 0 spiro atoms. The Bertz CT molecular complexity index is 997. The van der Waals surface area contributed by atoms with Crippen molar-refractivity contribution in [2.24, 2.45) is 0 Å². The smallest absolute Gasteiger partial charge is 0.247 e. The van der Waals surface area contributed by atoms with Crippen molar-refractivity contribution in [3.05, 3.63) is 90.5 Å². The van der Waals surface area contributed by atoms with Crippen molar-refractivity contribution >= 4 is 11.6 Å². The van der Waals surface area contributed by atoms with Gasteiger partial charge in [-0.2, -0.15) is 0 Å². The standard InChI is InChI=1S/C22H18N4/c1-16-12-14-19(15-13-16)23-22-24-20(17-8-4-2-5-9-17)21(25-26-22)18-10-6-3-7-11-18/h2-15H,1H3,(H,23,24,26). The van der Waals surface area contributed by atoms with Crippen LogP contribution in [0.5, 0.6) is 0 Å². The highest BCUT2D eigenvalue weighted by molar-refractivity contribution is 5.78.